The minimum absolute atomic E-state index is 0.0178. The van der Waals surface area contributed by atoms with Crippen LogP contribution in [0.25, 0.3) is 0 Å². The van der Waals surface area contributed by atoms with Gasteiger partial charge in [0.15, 0.2) is 0 Å². The average molecular weight is 232 g/mol. The fourth-order valence-electron chi connectivity index (χ4n) is 1.13. The summed E-state index contributed by atoms with van der Waals surface area (Å²) in [6.45, 7) is 4.56. The number of carboxylic acid groups (broad SMARTS) is 1. The van der Waals surface area contributed by atoms with Gasteiger partial charge in [-0.1, -0.05) is 0 Å². The summed E-state index contributed by atoms with van der Waals surface area (Å²) in [7, 11) is 1.55. The third-order valence-electron chi connectivity index (χ3n) is 2.04. The maximum atomic E-state index is 11.4. The van der Waals surface area contributed by atoms with Gasteiger partial charge in [-0.2, -0.15) is 0 Å². The van der Waals surface area contributed by atoms with Crippen molar-refractivity contribution in [2.24, 2.45) is 0 Å². The number of hydrogen-bond acceptors (Lipinski definition) is 4. The second kappa shape index (κ2) is 8.06. The number of hydrogen-bond donors (Lipinski definition) is 2. The average Bonchev–Trinajstić information content (AvgIpc) is 2.16. The van der Waals surface area contributed by atoms with Crippen LogP contribution in [0.3, 0.4) is 0 Å². The van der Waals surface area contributed by atoms with Crippen LogP contribution in [-0.2, 0) is 14.3 Å². The van der Waals surface area contributed by atoms with Crippen molar-refractivity contribution < 1.29 is 19.4 Å². The van der Waals surface area contributed by atoms with Crippen molar-refractivity contribution in [1.82, 2.24) is 10.2 Å². The highest BCUT2D eigenvalue weighted by Crippen LogP contribution is 1.96. The van der Waals surface area contributed by atoms with Gasteiger partial charge in [0.05, 0.1) is 19.7 Å². The van der Waals surface area contributed by atoms with E-state index in [0.717, 1.165) is 0 Å². The SMILES string of the molecule is COCCNC(=O)CN(CC(=O)O)C(C)C. The molecule has 0 atom stereocenters. The minimum Gasteiger partial charge on any atom is -0.480 e. The van der Waals surface area contributed by atoms with Gasteiger partial charge < -0.3 is 15.2 Å². The Morgan fingerprint density at radius 1 is 1.38 bits per heavy atom. The Bertz CT molecular complexity index is 231. The molecule has 16 heavy (non-hydrogen) atoms. The molecular weight excluding hydrogens is 212 g/mol. The summed E-state index contributed by atoms with van der Waals surface area (Å²) in [5.74, 6) is -1.12. The Hall–Kier alpha value is -1.14. The van der Waals surface area contributed by atoms with Crippen LogP contribution >= 0.6 is 0 Å². The number of carbonyl (C=O) groups is 2. The number of methoxy groups -OCH3 is 1. The number of aliphatic carboxylic acids is 1. The predicted molar refractivity (Wildman–Crippen MR) is 59.2 cm³/mol. The molecule has 0 aromatic rings. The quantitative estimate of drug-likeness (QED) is 0.554. The largest absolute Gasteiger partial charge is 0.480 e. The molecule has 0 fully saturated rings. The smallest absolute Gasteiger partial charge is 0.317 e. The van der Waals surface area contributed by atoms with E-state index < -0.39 is 5.97 Å². The van der Waals surface area contributed by atoms with E-state index in [4.69, 9.17) is 9.84 Å². The topological polar surface area (TPSA) is 78.9 Å². The molecule has 0 aliphatic carbocycles. The molecule has 0 aromatic carbocycles. The first-order valence-electron chi connectivity index (χ1n) is 5.18. The molecule has 0 aliphatic heterocycles. The van der Waals surface area contributed by atoms with E-state index in [1.807, 2.05) is 13.8 Å². The zero-order valence-electron chi connectivity index (χ0n) is 10.0. The Kier molecular flexibility index (Phi) is 7.49. The Morgan fingerprint density at radius 3 is 2.44 bits per heavy atom. The molecule has 0 rings (SSSR count). The Morgan fingerprint density at radius 2 is 2.00 bits per heavy atom. The fourth-order valence-corrected chi connectivity index (χ4v) is 1.13. The van der Waals surface area contributed by atoms with Gasteiger partial charge in [0.2, 0.25) is 5.91 Å². The maximum absolute atomic E-state index is 11.4. The monoisotopic (exact) mass is 232 g/mol. The van der Waals surface area contributed by atoms with Crippen molar-refractivity contribution in [2.75, 3.05) is 33.4 Å². The number of carbonyl (C=O) groups excluding carboxylic acids is 1. The molecule has 94 valence electrons. The molecule has 0 aromatic heterocycles. The summed E-state index contributed by atoms with van der Waals surface area (Å²) in [4.78, 5) is 23.6. The summed E-state index contributed by atoms with van der Waals surface area (Å²) < 4.78 is 4.79. The first kappa shape index (κ1) is 14.9. The maximum Gasteiger partial charge on any atom is 0.317 e. The van der Waals surface area contributed by atoms with Crippen LogP contribution in [-0.4, -0.2) is 61.3 Å². The van der Waals surface area contributed by atoms with Crippen molar-refractivity contribution in [3.63, 3.8) is 0 Å². The van der Waals surface area contributed by atoms with Gasteiger partial charge in [0.25, 0.3) is 0 Å². The highest BCUT2D eigenvalue weighted by Gasteiger charge is 2.16. The number of rotatable bonds is 8. The number of nitrogens with one attached hydrogen (secondary N) is 1. The number of carboxylic acids is 1. The minimum atomic E-state index is -0.932. The van der Waals surface area contributed by atoms with Crippen LogP contribution in [0, 0.1) is 0 Å². The van der Waals surface area contributed by atoms with Crippen molar-refractivity contribution in [3.8, 4) is 0 Å². The summed E-state index contributed by atoms with van der Waals surface area (Å²) in [5.41, 5.74) is 0. The lowest BCUT2D eigenvalue weighted by Gasteiger charge is -2.23. The normalized spacial score (nSPS) is 10.8. The first-order valence-corrected chi connectivity index (χ1v) is 5.18. The van der Waals surface area contributed by atoms with Crippen LogP contribution in [0.1, 0.15) is 13.8 Å². The third kappa shape index (κ3) is 7.19. The van der Waals surface area contributed by atoms with Crippen LogP contribution in [0.4, 0.5) is 0 Å². The van der Waals surface area contributed by atoms with Crippen molar-refractivity contribution in [2.45, 2.75) is 19.9 Å². The van der Waals surface area contributed by atoms with Crippen molar-refractivity contribution in [3.05, 3.63) is 0 Å². The fraction of sp³-hybridized carbons (Fsp3) is 0.800. The van der Waals surface area contributed by atoms with E-state index in [1.165, 1.54) is 0 Å². The Balaban J connectivity index is 3.98. The zero-order chi connectivity index (χ0) is 12.6. The van der Waals surface area contributed by atoms with Crippen molar-refractivity contribution >= 4 is 11.9 Å². The summed E-state index contributed by atoms with van der Waals surface area (Å²) in [6, 6.07) is 0.0178. The zero-order valence-corrected chi connectivity index (χ0v) is 10.0. The van der Waals surface area contributed by atoms with Crippen LogP contribution in [0.5, 0.6) is 0 Å². The summed E-state index contributed by atoms with van der Waals surface area (Å²) in [6.07, 6.45) is 0. The molecule has 0 unspecified atom stereocenters. The van der Waals surface area contributed by atoms with Gasteiger partial charge in [-0.3, -0.25) is 14.5 Å². The summed E-state index contributed by atoms with van der Waals surface area (Å²) >= 11 is 0. The highest BCUT2D eigenvalue weighted by atomic mass is 16.5. The van der Waals surface area contributed by atoms with Crippen LogP contribution in [0.15, 0.2) is 0 Å². The molecule has 0 radical (unpaired) electrons. The first-order chi connectivity index (χ1) is 7.47. The molecule has 6 nitrogen and oxygen atoms in total. The Labute approximate surface area is 95.6 Å². The number of nitrogens with zero attached hydrogens (tertiary/aromatic N) is 1. The highest BCUT2D eigenvalue weighted by molar-refractivity contribution is 5.79. The van der Waals surface area contributed by atoms with Gasteiger partial charge >= 0.3 is 5.97 Å². The van der Waals surface area contributed by atoms with E-state index in [-0.39, 0.29) is 25.0 Å². The third-order valence-corrected chi connectivity index (χ3v) is 2.04. The molecular formula is C10H20N2O4. The van der Waals surface area contributed by atoms with Crippen LogP contribution < -0.4 is 5.32 Å². The number of ether oxygens (including phenoxy) is 1. The lowest BCUT2D eigenvalue weighted by molar-refractivity contribution is -0.139. The number of amides is 1. The second-order valence-corrected chi connectivity index (χ2v) is 3.74. The molecule has 0 saturated carbocycles. The van der Waals surface area contributed by atoms with E-state index in [2.05, 4.69) is 5.32 Å². The molecule has 6 heteroatoms. The van der Waals surface area contributed by atoms with Gasteiger partial charge in [-0.15, -0.1) is 0 Å². The van der Waals surface area contributed by atoms with Crippen LogP contribution in [0.2, 0.25) is 0 Å². The standard InChI is InChI=1S/C10H20N2O4/c1-8(2)12(7-10(14)15)6-9(13)11-4-5-16-3/h8H,4-7H2,1-3H3,(H,11,13)(H,14,15). The van der Waals surface area contributed by atoms with E-state index in [0.29, 0.717) is 13.2 Å². The lowest BCUT2D eigenvalue weighted by atomic mass is 10.3. The van der Waals surface area contributed by atoms with E-state index in [1.54, 1.807) is 12.0 Å². The van der Waals surface area contributed by atoms with Gasteiger partial charge in [-0.25, -0.2) is 0 Å². The molecule has 1 amide bonds. The van der Waals surface area contributed by atoms with Gasteiger partial charge in [0, 0.05) is 19.7 Å². The molecule has 0 bridgehead atoms. The van der Waals surface area contributed by atoms with Gasteiger partial charge in [0.1, 0.15) is 0 Å². The van der Waals surface area contributed by atoms with E-state index in [9.17, 15) is 9.59 Å². The van der Waals surface area contributed by atoms with Crippen molar-refractivity contribution in [1.29, 1.82) is 0 Å². The van der Waals surface area contributed by atoms with Gasteiger partial charge in [-0.05, 0) is 13.8 Å². The second-order valence-electron chi connectivity index (χ2n) is 3.74. The molecule has 0 heterocycles. The van der Waals surface area contributed by atoms with E-state index >= 15 is 0 Å². The summed E-state index contributed by atoms with van der Waals surface area (Å²) in [5, 5.41) is 11.3. The predicted octanol–water partition coefficient (Wildman–Crippen LogP) is -0.456. The molecule has 2 N–H and O–H groups in total. The lowest BCUT2D eigenvalue weighted by Crippen LogP contribution is -2.43. The molecule has 0 aliphatic rings. The molecule has 0 spiro atoms. The molecule has 0 saturated heterocycles.